The smallest absolute Gasteiger partial charge is 0.161 e. The zero-order valence-electron chi connectivity index (χ0n) is 13.1. The Morgan fingerprint density at radius 2 is 1.81 bits per heavy atom. The highest BCUT2D eigenvalue weighted by molar-refractivity contribution is 5.44. The van der Waals surface area contributed by atoms with E-state index in [2.05, 4.69) is 36.0 Å². The molecule has 21 heavy (non-hydrogen) atoms. The van der Waals surface area contributed by atoms with Gasteiger partial charge in [-0.1, -0.05) is 26.8 Å². The molecule has 0 bridgehead atoms. The minimum absolute atomic E-state index is 0.119. The van der Waals surface area contributed by atoms with Crippen LogP contribution < -0.4 is 15.2 Å². The van der Waals surface area contributed by atoms with Gasteiger partial charge in [0.25, 0.3) is 0 Å². The Labute approximate surface area is 124 Å². The highest BCUT2D eigenvalue weighted by Gasteiger charge is 2.22. The molecule has 0 saturated carbocycles. The van der Waals surface area contributed by atoms with Crippen LogP contribution in [0.15, 0.2) is 18.2 Å². The first-order valence-corrected chi connectivity index (χ1v) is 6.77. The van der Waals surface area contributed by atoms with Gasteiger partial charge in [-0.25, -0.2) is 4.98 Å². The number of ether oxygens (including phenoxy) is 2. The first-order valence-electron chi connectivity index (χ1n) is 6.77. The van der Waals surface area contributed by atoms with Crippen molar-refractivity contribution in [3.8, 4) is 11.5 Å². The summed E-state index contributed by atoms with van der Waals surface area (Å²) in [5.74, 6) is 2.68. The van der Waals surface area contributed by atoms with Crippen LogP contribution >= 0.6 is 0 Å². The molecule has 1 aromatic carbocycles. The van der Waals surface area contributed by atoms with Crippen LogP contribution in [0.25, 0.3) is 0 Å². The summed E-state index contributed by atoms with van der Waals surface area (Å²) in [6.07, 6.45) is 0. The Kier molecular flexibility index (Phi) is 4.18. The summed E-state index contributed by atoms with van der Waals surface area (Å²) in [7, 11) is 3.20. The standard InChI is InChI=1S/C15H22N4O2/c1-15(2,3)14-17-13(18-19-14)12(16)9-6-7-10(20-4)11(8-9)21-5/h6-8,12H,16H2,1-5H3,(H,17,18,19). The molecule has 0 aliphatic rings. The summed E-state index contributed by atoms with van der Waals surface area (Å²) in [5, 5.41) is 7.16. The van der Waals surface area contributed by atoms with E-state index >= 15 is 0 Å². The lowest BCUT2D eigenvalue weighted by Gasteiger charge is -2.14. The van der Waals surface area contributed by atoms with Gasteiger partial charge in [0.05, 0.1) is 20.3 Å². The van der Waals surface area contributed by atoms with Crippen LogP contribution in [-0.4, -0.2) is 29.4 Å². The molecule has 1 atom stereocenters. The normalized spacial score (nSPS) is 13.0. The molecule has 2 rings (SSSR count). The van der Waals surface area contributed by atoms with Gasteiger partial charge in [-0.3, -0.25) is 5.10 Å². The number of aromatic amines is 1. The molecule has 1 aromatic heterocycles. The second-order valence-electron chi connectivity index (χ2n) is 5.89. The second-order valence-corrected chi connectivity index (χ2v) is 5.89. The van der Waals surface area contributed by atoms with Crippen LogP contribution in [0.1, 0.15) is 44.0 Å². The van der Waals surface area contributed by atoms with Crippen LogP contribution in [0.4, 0.5) is 0 Å². The van der Waals surface area contributed by atoms with Crippen LogP contribution in [-0.2, 0) is 5.41 Å². The lowest BCUT2D eigenvalue weighted by atomic mass is 9.96. The molecule has 6 heteroatoms. The number of rotatable bonds is 4. The summed E-state index contributed by atoms with van der Waals surface area (Å²) in [6.45, 7) is 6.17. The van der Waals surface area contributed by atoms with Gasteiger partial charge in [-0.2, -0.15) is 5.10 Å². The van der Waals surface area contributed by atoms with Crippen molar-refractivity contribution in [1.29, 1.82) is 0 Å². The largest absolute Gasteiger partial charge is 0.493 e. The van der Waals surface area contributed by atoms with E-state index in [0.717, 1.165) is 11.4 Å². The maximum atomic E-state index is 6.26. The lowest BCUT2D eigenvalue weighted by molar-refractivity contribution is 0.354. The number of methoxy groups -OCH3 is 2. The summed E-state index contributed by atoms with van der Waals surface area (Å²) in [6, 6.07) is 5.18. The van der Waals surface area contributed by atoms with Crippen molar-refractivity contribution in [2.75, 3.05) is 14.2 Å². The van der Waals surface area contributed by atoms with Crippen LogP contribution in [0.2, 0.25) is 0 Å². The van der Waals surface area contributed by atoms with E-state index in [4.69, 9.17) is 15.2 Å². The van der Waals surface area contributed by atoms with Crippen molar-refractivity contribution in [3.05, 3.63) is 35.4 Å². The van der Waals surface area contributed by atoms with Gasteiger partial charge < -0.3 is 15.2 Å². The van der Waals surface area contributed by atoms with E-state index < -0.39 is 6.04 Å². The van der Waals surface area contributed by atoms with E-state index in [0.29, 0.717) is 17.3 Å². The van der Waals surface area contributed by atoms with Crippen molar-refractivity contribution < 1.29 is 9.47 Å². The average molecular weight is 290 g/mol. The van der Waals surface area contributed by atoms with Gasteiger partial charge in [0.15, 0.2) is 17.3 Å². The van der Waals surface area contributed by atoms with Crippen molar-refractivity contribution in [2.45, 2.75) is 32.2 Å². The van der Waals surface area contributed by atoms with Crippen molar-refractivity contribution >= 4 is 0 Å². The Hall–Kier alpha value is -2.08. The monoisotopic (exact) mass is 290 g/mol. The fraction of sp³-hybridized carbons (Fsp3) is 0.467. The van der Waals surface area contributed by atoms with Crippen molar-refractivity contribution in [2.24, 2.45) is 5.73 Å². The minimum Gasteiger partial charge on any atom is -0.493 e. The first kappa shape index (κ1) is 15.3. The first-order chi connectivity index (χ1) is 9.86. The molecular formula is C15H22N4O2. The summed E-state index contributed by atoms with van der Waals surface area (Å²) >= 11 is 0. The van der Waals surface area contributed by atoms with E-state index in [1.807, 2.05) is 18.2 Å². The zero-order chi connectivity index (χ0) is 15.6. The van der Waals surface area contributed by atoms with E-state index in [-0.39, 0.29) is 5.41 Å². The van der Waals surface area contributed by atoms with E-state index in [1.165, 1.54) is 0 Å². The third-order valence-corrected chi connectivity index (χ3v) is 3.23. The summed E-state index contributed by atoms with van der Waals surface area (Å²) < 4.78 is 10.5. The third-order valence-electron chi connectivity index (χ3n) is 3.23. The number of hydrogen-bond acceptors (Lipinski definition) is 5. The molecule has 0 fully saturated rings. The highest BCUT2D eigenvalue weighted by Crippen LogP contribution is 2.31. The molecule has 6 nitrogen and oxygen atoms in total. The maximum absolute atomic E-state index is 6.26. The Bertz CT molecular complexity index is 616. The number of H-pyrrole nitrogens is 1. The summed E-state index contributed by atoms with van der Waals surface area (Å²) in [5.41, 5.74) is 7.02. The third kappa shape index (κ3) is 3.16. The zero-order valence-corrected chi connectivity index (χ0v) is 13.1. The van der Waals surface area contributed by atoms with Crippen LogP contribution in [0.3, 0.4) is 0 Å². The molecule has 0 radical (unpaired) electrons. The van der Waals surface area contributed by atoms with Gasteiger partial charge in [0.1, 0.15) is 5.82 Å². The second kappa shape index (κ2) is 5.73. The highest BCUT2D eigenvalue weighted by atomic mass is 16.5. The van der Waals surface area contributed by atoms with Crippen molar-refractivity contribution in [1.82, 2.24) is 15.2 Å². The average Bonchev–Trinajstić information content (AvgIpc) is 2.95. The van der Waals surface area contributed by atoms with Gasteiger partial charge >= 0.3 is 0 Å². The Morgan fingerprint density at radius 1 is 1.14 bits per heavy atom. The predicted molar refractivity (Wildman–Crippen MR) is 80.7 cm³/mol. The number of nitrogens with zero attached hydrogens (tertiary/aromatic N) is 2. The fourth-order valence-electron chi connectivity index (χ4n) is 1.95. The molecular weight excluding hydrogens is 268 g/mol. The minimum atomic E-state index is -0.395. The molecule has 0 saturated heterocycles. The van der Waals surface area contributed by atoms with E-state index in [1.54, 1.807) is 14.2 Å². The van der Waals surface area contributed by atoms with Crippen molar-refractivity contribution in [3.63, 3.8) is 0 Å². The quantitative estimate of drug-likeness (QED) is 0.901. The SMILES string of the molecule is COc1ccc(C(N)c2nc(C(C)(C)C)n[nH]2)cc1OC. The molecule has 0 spiro atoms. The van der Waals surface area contributed by atoms with Crippen LogP contribution in [0, 0.1) is 0 Å². The number of nitrogens with one attached hydrogen (secondary N) is 1. The van der Waals surface area contributed by atoms with Gasteiger partial charge in [0, 0.05) is 5.41 Å². The molecule has 0 aliphatic carbocycles. The topological polar surface area (TPSA) is 86.0 Å². The lowest BCUT2D eigenvalue weighted by Crippen LogP contribution is -2.16. The summed E-state index contributed by atoms with van der Waals surface area (Å²) in [4.78, 5) is 4.49. The maximum Gasteiger partial charge on any atom is 0.161 e. The molecule has 3 N–H and O–H groups in total. The Morgan fingerprint density at radius 3 is 2.33 bits per heavy atom. The van der Waals surface area contributed by atoms with Gasteiger partial charge in [0.2, 0.25) is 0 Å². The predicted octanol–water partition coefficient (Wildman–Crippen LogP) is 2.17. The number of hydrogen-bond donors (Lipinski definition) is 2. The van der Waals surface area contributed by atoms with E-state index in [9.17, 15) is 0 Å². The van der Waals surface area contributed by atoms with Crippen LogP contribution in [0.5, 0.6) is 11.5 Å². The molecule has 2 aromatic rings. The number of benzene rings is 1. The number of nitrogens with two attached hydrogens (primary N) is 1. The molecule has 1 heterocycles. The van der Waals surface area contributed by atoms with Gasteiger partial charge in [-0.15, -0.1) is 0 Å². The van der Waals surface area contributed by atoms with Gasteiger partial charge in [-0.05, 0) is 17.7 Å². The fourth-order valence-corrected chi connectivity index (χ4v) is 1.95. The molecule has 0 aliphatic heterocycles. The Balaban J connectivity index is 2.31. The molecule has 114 valence electrons. The number of aromatic nitrogens is 3. The molecule has 0 amide bonds. The molecule has 1 unspecified atom stereocenters.